The highest BCUT2D eigenvalue weighted by molar-refractivity contribution is 5.76. The Hall–Kier alpha value is -2.35. The van der Waals surface area contributed by atoms with Crippen LogP contribution in [0.15, 0.2) is 0 Å². The number of rotatable bonds is 9. The van der Waals surface area contributed by atoms with E-state index in [0.717, 1.165) is 0 Å². The Morgan fingerprint density at radius 3 is 1.92 bits per heavy atom. The molecule has 53 heavy (non-hydrogen) atoms. The van der Waals surface area contributed by atoms with E-state index in [4.69, 9.17) is 38.9 Å². The molecule has 0 radical (unpaired) electrons. The summed E-state index contributed by atoms with van der Waals surface area (Å²) >= 11 is 0. The Bertz CT molecular complexity index is 1250. The predicted molar refractivity (Wildman–Crippen MR) is 189 cm³/mol. The second-order valence-corrected chi connectivity index (χ2v) is 17.9. The standard InChI is InChI=1S/C36H65N3O14/c1-17-13-14-19(15-38-31(44)52-34(6,7)8)48-29(17)50-27-22(39-32(45)53-35(9,10)11)23(40)18(2)26(25(27)42)49-30-24(41)20(36(12,46)16-47-30)21(37)28(43)51-33(3,4)5/h17-27,29-30,40-42,46H,13-16,37H2,1-12H3,(H,38,44)(H,39,45)/t17?,18-,19?,20-,21?,22+,23?,24?,25?,26+,27?,29-,30-,36+/m1/s1. The van der Waals surface area contributed by atoms with E-state index in [-0.39, 0.29) is 12.5 Å². The molecular weight excluding hydrogens is 698 g/mol. The van der Waals surface area contributed by atoms with Gasteiger partial charge in [-0.3, -0.25) is 4.79 Å². The van der Waals surface area contributed by atoms with Gasteiger partial charge in [0.2, 0.25) is 0 Å². The van der Waals surface area contributed by atoms with E-state index in [9.17, 15) is 34.8 Å². The van der Waals surface area contributed by atoms with E-state index in [1.807, 2.05) is 6.92 Å². The summed E-state index contributed by atoms with van der Waals surface area (Å²) in [5.41, 5.74) is 2.01. The second kappa shape index (κ2) is 17.2. The average Bonchev–Trinajstić information content (AvgIpc) is 2.98. The molecule has 308 valence electrons. The van der Waals surface area contributed by atoms with Crippen molar-refractivity contribution in [1.82, 2.24) is 10.6 Å². The number of carbonyl (C=O) groups is 3. The zero-order valence-electron chi connectivity index (χ0n) is 33.3. The molecule has 2 amide bonds. The van der Waals surface area contributed by atoms with Gasteiger partial charge in [-0.15, -0.1) is 0 Å². The Morgan fingerprint density at radius 2 is 1.36 bits per heavy atom. The lowest BCUT2D eigenvalue weighted by Crippen LogP contribution is -2.69. The normalized spacial score (nSPS) is 37.6. The van der Waals surface area contributed by atoms with Crippen LogP contribution in [-0.2, 0) is 38.0 Å². The first-order valence-electron chi connectivity index (χ1n) is 18.4. The number of alkyl carbamates (subject to hydrolysis) is 2. The van der Waals surface area contributed by atoms with Crippen molar-refractivity contribution < 1.29 is 68.0 Å². The summed E-state index contributed by atoms with van der Waals surface area (Å²) in [6, 6.07) is -2.70. The highest BCUT2D eigenvalue weighted by Gasteiger charge is 2.56. The lowest BCUT2D eigenvalue weighted by atomic mass is 9.76. The van der Waals surface area contributed by atoms with Crippen molar-refractivity contribution in [1.29, 1.82) is 0 Å². The van der Waals surface area contributed by atoms with Crippen LogP contribution in [-0.4, -0.2) is 135 Å². The van der Waals surface area contributed by atoms with Crippen molar-refractivity contribution >= 4 is 18.2 Å². The van der Waals surface area contributed by atoms with Crippen molar-refractivity contribution in [3.8, 4) is 0 Å². The third-order valence-corrected chi connectivity index (χ3v) is 9.30. The van der Waals surface area contributed by atoms with Crippen LogP contribution in [0.25, 0.3) is 0 Å². The van der Waals surface area contributed by atoms with Gasteiger partial charge in [0.1, 0.15) is 41.2 Å². The molecule has 2 aliphatic heterocycles. The molecule has 0 spiro atoms. The van der Waals surface area contributed by atoms with E-state index >= 15 is 0 Å². The van der Waals surface area contributed by atoms with Crippen LogP contribution in [0, 0.1) is 17.8 Å². The molecule has 1 saturated carbocycles. The molecule has 2 saturated heterocycles. The van der Waals surface area contributed by atoms with Crippen LogP contribution in [0.5, 0.6) is 0 Å². The fourth-order valence-electron chi connectivity index (χ4n) is 6.74. The van der Waals surface area contributed by atoms with Crippen LogP contribution < -0.4 is 16.4 Å². The molecule has 7 unspecified atom stereocenters. The molecule has 0 bridgehead atoms. The van der Waals surface area contributed by atoms with Gasteiger partial charge < -0.3 is 70.0 Å². The molecular formula is C36H65N3O14. The first-order valence-corrected chi connectivity index (χ1v) is 18.4. The number of amides is 2. The molecule has 3 fully saturated rings. The Labute approximate surface area is 312 Å². The fraction of sp³-hybridized carbons (Fsp3) is 0.917. The summed E-state index contributed by atoms with van der Waals surface area (Å²) < 4.78 is 40.7. The smallest absolute Gasteiger partial charge is 0.408 e. The van der Waals surface area contributed by atoms with Crippen molar-refractivity contribution in [3.63, 3.8) is 0 Å². The van der Waals surface area contributed by atoms with Crippen LogP contribution >= 0.6 is 0 Å². The molecule has 1 aliphatic carbocycles. The van der Waals surface area contributed by atoms with Crippen LogP contribution in [0.1, 0.15) is 95.9 Å². The average molecular weight is 764 g/mol. The highest BCUT2D eigenvalue weighted by Crippen LogP contribution is 2.38. The zero-order chi connectivity index (χ0) is 40.4. The number of hydrogen-bond acceptors (Lipinski definition) is 15. The van der Waals surface area contributed by atoms with E-state index in [1.165, 1.54) is 6.92 Å². The summed E-state index contributed by atoms with van der Waals surface area (Å²) in [6.45, 7) is 19.8. The lowest BCUT2D eigenvalue weighted by molar-refractivity contribution is -0.328. The number of ether oxygens (including phenoxy) is 7. The van der Waals surface area contributed by atoms with Gasteiger partial charge in [0.15, 0.2) is 12.6 Å². The van der Waals surface area contributed by atoms with Gasteiger partial charge in [-0.05, 0) is 82.1 Å². The highest BCUT2D eigenvalue weighted by atomic mass is 16.7. The van der Waals surface area contributed by atoms with Crippen LogP contribution in [0.3, 0.4) is 0 Å². The number of aliphatic hydroxyl groups is 4. The number of nitrogens with one attached hydrogen (secondary N) is 2. The van der Waals surface area contributed by atoms with E-state index in [0.29, 0.717) is 12.8 Å². The van der Waals surface area contributed by atoms with E-state index in [1.54, 1.807) is 69.2 Å². The number of esters is 1. The third kappa shape index (κ3) is 12.6. The van der Waals surface area contributed by atoms with Crippen molar-refractivity contribution in [2.45, 2.75) is 180 Å². The van der Waals surface area contributed by atoms with Gasteiger partial charge in [0.25, 0.3) is 0 Å². The monoisotopic (exact) mass is 763 g/mol. The lowest BCUT2D eigenvalue weighted by Gasteiger charge is -2.51. The molecule has 14 atom stereocenters. The van der Waals surface area contributed by atoms with Crippen molar-refractivity contribution in [3.05, 3.63) is 0 Å². The molecule has 3 aliphatic rings. The SMILES string of the molecule is CC1CCC(CNC(=O)OC(C)(C)C)O[C@@H]1OC1C(O)[C@@H](O[C@H]2OC[C@](C)(O)[C@H](C(N)C(=O)OC(C)(C)C)C2O)[C@H](C)C(O)[C@@H]1NC(=O)OC(C)(C)C. The number of nitrogens with two attached hydrogens (primary N) is 1. The minimum Gasteiger partial charge on any atom is -0.459 e. The maximum atomic E-state index is 13.0. The Morgan fingerprint density at radius 1 is 0.811 bits per heavy atom. The topological polar surface area (TPSA) is 247 Å². The zero-order valence-corrected chi connectivity index (χ0v) is 33.3. The first-order chi connectivity index (χ1) is 24.1. The third-order valence-electron chi connectivity index (χ3n) is 9.30. The van der Waals surface area contributed by atoms with Gasteiger partial charge in [0.05, 0.1) is 36.6 Å². The summed E-state index contributed by atoms with van der Waals surface area (Å²) in [5.74, 6) is -3.28. The quantitative estimate of drug-likeness (QED) is 0.130. The van der Waals surface area contributed by atoms with Crippen LogP contribution in [0.2, 0.25) is 0 Å². The van der Waals surface area contributed by atoms with Gasteiger partial charge >= 0.3 is 18.2 Å². The van der Waals surface area contributed by atoms with Gasteiger partial charge in [-0.2, -0.15) is 0 Å². The van der Waals surface area contributed by atoms with Gasteiger partial charge in [-0.1, -0.05) is 13.8 Å². The molecule has 8 N–H and O–H groups in total. The first kappa shape index (κ1) is 45.0. The molecule has 0 aromatic carbocycles. The van der Waals surface area contributed by atoms with E-state index in [2.05, 4.69) is 10.6 Å². The largest absolute Gasteiger partial charge is 0.459 e. The number of hydrogen-bond donors (Lipinski definition) is 7. The maximum absolute atomic E-state index is 13.0. The Kier molecular flexibility index (Phi) is 14.6. The molecule has 17 heteroatoms. The fourth-order valence-corrected chi connectivity index (χ4v) is 6.74. The number of carbonyl (C=O) groups excluding carboxylic acids is 3. The summed E-state index contributed by atoms with van der Waals surface area (Å²) in [6.07, 6.45) is -10.5. The second-order valence-electron chi connectivity index (χ2n) is 17.9. The summed E-state index contributed by atoms with van der Waals surface area (Å²) in [5, 5.41) is 51.6. The maximum Gasteiger partial charge on any atom is 0.408 e. The minimum atomic E-state index is -1.77. The van der Waals surface area contributed by atoms with Crippen molar-refractivity contribution in [2.75, 3.05) is 13.2 Å². The van der Waals surface area contributed by atoms with Gasteiger partial charge in [0, 0.05) is 24.3 Å². The Balaban J connectivity index is 1.87. The molecule has 17 nitrogen and oxygen atoms in total. The summed E-state index contributed by atoms with van der Waals surface area (Å²) in [4.78, 5) is 38.2. The molecule has 0 aromatic rings. The minimum absolute atomic E-state index is 0.118. The van der Waals surface area contributed by atoms with Gasteiger partial charge in [-0.25, -0.2) is 9.59 Å². The molecule has 2 heterocycles. The van der Waals surface area contributed by atoms with Crippen molar-refractivity contribution in [2.24, 2.45) is 23.5 Å². The van der Waals surface area contributed by atoms with E-state index < -0.39 is 120 Å². The molecule has 3 rings (SSSR count). The number of aliphatic hydroxyl groups excluding tert-OH is 3. The molecule has 0 aromatic heterocycles. The summed E-state index contributed by atoms with van der Waals surface area (Å²) in [7, 11) is 0. The predicted octanol–water partition coefficient (Wildman–Crippen LogP) is 1.44. The van der Waals surface area contributed by atoms with Crippen LogP contribution in [0.4, 0.5) is 9.59 Å².